The quantitative estimate of drug-likeness (QED) is 0.677. The molecule has 2 aliphatic heterocycles. The van der Waals surface area contributed by atoms with Gasteiger partial charge in [-0.2, -0.15) is 0 Å². The predicted octanol–water partition coefficient (Wildman–Crippen LogP) is 0.145. The third-order valence-electron chi connectivity index (χ3n) is 3.48. The van der Waals surface area contributed by atoms with Gasteiger partial charge in [0.15, 0.2) is 0 Å². The highest BCUT2D eigenvalue weighted by Gasteiger charge is 2.45. The van der Waals surface area contributed by atoms with E-state index in [4.69, 9.17) is 5.11 Å². The van der Waals surface area contributed by atoms with Crippen LogP contribution in [0.4, 0.5) is 0 Å². The Balaban J connectivity index is 2.01. The highest BCUT2D eigenvalue weighted by molar-refractivity contribution is 5.68. The summed E-state index contributed by atoms with van der Waals surface area (Å²) in [6.45, 7) is 6.05. The molecule has 4 nitrogen and oxygen atoms in total. The zero-order valence-electron chi connectivity index (χ0n) is 8.62. The molecule has 0 radical (unpaired) electrons. The lowest BCUT2D eigenvalue weighted by Gasteiger charge is -2.48. The van der Waals surface area contributed by atoms with Crippen LogP contribution in [0.5, 0.6) is 0 Å². The maximum Gasteiger partial charge on any atom is 0.305 e. The lowest BCUT2D eigenvalue weighted by molar-refractivity contribution is -0.141. The van der Waals surface area contributed by atoms with Crippen molar-refractivity contribution >= 4 is 5.97 Å². The smallest absolute Gasteiger partial charge is 0.305 e. The molecule has 14 heavy (non-hydrogen) atoms. The summed E-state index contributed by atoms with van der Waals surface area (Å²) in [4.78, 5) is 13.2. The number of aliphatic carboxylic acids is 1. The number of carbonyl (C=O) groups is 1. The molecule has 2 fully saturated rings. The van der Waals surface area contributed by atoms with Gasteiger partial charge < -0.3 is 10.4 Å². The Kier molecular flexibility index (Phi) is 2.49. The van der Waals surface area contributed by atoms with Crippen molar-refractivity contribution in [2.45, 2.75) is 25.3 Å². The molecule has 0 aliphatic carbocycles. The molecule has 1 unspecified atom stereocenters. The molecular weight excluding hydrogens is 180 g/mol. The zero-order chi connectivity index (χ0) is 10.2. The van der Waals surface area contributed by atoms with E-state index in [0.717, 1.165) is 32.1 Å². The monoisotopic (exact) mass is 198 g/mol. The fourth-order valence-corrected chi connectivity index (χ4v) is 2.52. The lowest BCUT2D eigenvalue weighted by Crippen LogP contribution is -2.69. The normalized spacial score (nSPS) is 31.4. The van der Waals surface area contributed by atoms with Crippen molar-refractivity contribution in [3.8, 4) is 0 Å². The average Bonchev–Trinajstić information content (AvgIpc) is 2.44. The summed E-state index contributed by atoms with van der Waals surface area (Å²) in [5.74, 6) is 0.0484. The summed E-state index contributed by atoms with van der Waals surface area (Å²) in [6.07, 6.45) is 1.49. The number of nitrogens with zero attached hydrogens (tertiary/aromatic N) is 1. The minimum atomic E-state index is -0.675. The number of carboxylic acid groups (broad SMARTS) is 1. The van der Waals surface area contributed by atoms with Crippen molar-refractivity contribution in [2.75, 3.05) is 26.2 Å². The van der Waals surface area contributed by atoms with Crippen molar-refractivity contribution in [3.63, 3.8) is 0 Å². The van der Waals surface area contributed by atoms with Gasteiger partial charge in [-0.05, 0) is 18.9 Å². The number of carboxylic acids is 1. The van der Waals surface area contributed by atoms with Crippen LogP contribution in [0.3, 0.4) is 0 Å². The Bertz CT molecular complexity index is 238. The van der Waals surface area contributed by atoms with E-state index in [9.17, 15) is 4.79 Å². The molecule has 0 aromatic heterocycles. The third kappa shape index (κ3) is 1.64. The van der Waals surface area contributed by atoms with Crippen molar-refractivity contribution < 1.29 is 9.90 Å². The molecule has 4 heteroatoms. The van der Waals surface area contributed by atoms with Crippen LogP contribution in [0.25, 0.3) is 0 Å². The van der Waals surface area contributed by atoms with Gasteiger partial charge >= 0.3 is 5.97 Å². The van der Waals surface area contributed by atoms with E-state index < -0.39 is 5.97 Å². The fraction of sp³-hybridized carbons (Fsp3) is 0.900. The van der Waals surface area contributed by atoms with E-state index >= 15 is 0 Å². The molecule has 2 rings (SSSR count). The van der Waals surface area contributed by atoms with Crippen molar-refractivity contribution in [2.24, 2.45) is 5.92 Å². The van der Waals surface area contributed by atoms with Gasteiger partial charge in [0.2, 0.25) is 0 Å². The van der Waals surface area contributed by atoms with Gasteiger partial charge in [-0.15, -0.1) is 0 Å². The molecule has 80 valence electrons. The first-order chi connectivity index (χ1) is 6.62. The molecule has 0 bridgehead atoms. The second kappa shape index (κ2) is 3.51. The second-order valence-electron chi connectivity index (χ2n) is 4.74. The SMILES string of the molecule is CC1CCN(C2(CC(=O)O)CNC2)C1. The molecular formula is C10H18N2O2. The van der Waals surface area contributed by atoms with E-state index in [-0.39, 0.29) is 12.0 Å². The topological polar surface area (TPSA) is 52.6 Å². The van der Waals surface area contributed by atoms with Gasteiger partial charge in [-0.1, -0.05) is 6.92 Å². The van der Waals surface area contributed by atoms with Gasteiger partial charge in [-0.3, -0.25) is 9.69 Å². The Morgan fingerprint density at radius 3 is 2.71 bits per heavy atom. The van der Waals surface area contributed by atoms with Crippen LogP contribution in [0.15, 0.2) is 0 Å². The molecule has 0 amide bonds. The Morgan fingerprint density at radius 2 is 2.36 bits per heavy atom. The van der Waals surface area contributed by atoms with Crippen LogP contribution in [-0.4, -0.2) is 47.7 Å². The maximum absolute atomic E-state index is 10.8. The first kappa shape index (κ1) is 9.93. The van der Waals surface area contributed by atoms with Gasteiger partial charge in [0, 0.05) is 19.6 Å². The van der Waals surface area contributed by atoms with Crippen molar-refractivity contribution in [3.05, 3.63) is 0 Å². The Labute approximate surface area is 84.3 Å². The molecule has 0 aromatic rings. The number of nitrogens with one attached hydrogen (secondary N) is 1. The molecule has 2 heterocycles. The third-order valence-corrected chi connectivity index (χ3v) is 3.48. The van der Waals surface area contributed by atoms with Crippen LogP contribution in [0.2, 0.25) is 0 Å². The summed E-state index contributed by atoms with van der Waals surface area (Å²) in [5.41, 5.74) is -0.0728. The minimum absolute atomic E-state index is 0.0728. The lowest BCUT2D eigenvalue weighted by atomic mass is 9.86. The Hall–Kier alpha value is -0.610. The Morgan fingerprint density at radius 1 is 1.64 bits per heavy atom. The van der Waals surface area contributed by atoms with Gasteiger partial charge in [-0.25, -0.2) is 0 Å². The second-order valence-corrected chi connectivity index (χ2v) is 4.74. The number of rotatable bonds is 3. The number of hydrogen-bond donors (Lipinski definition) is 2. The molecule has 0 aromatic carbocycles. The van der Waals surface area contributed by atoms with Crippen LogP contribution >= 0.6 is 0 Å². The van der Waals surface area contributed by atoms with Crippen LogP contribution in [0.1, 0.15) is 19.8 Å². The molecule has 2 aliphatic rings. The van der Waals surface area contributed by atoms with Crippen molar-refractivity contribution in [1.82, 2.24) is 10.2 Å². The predicted molar refractivity (Wildman–Crippen MR) is 53.2 cm³/mol. The molecule has 2 saturated heterocycles. The highest BCUT2D eigenvalue weighted by Crippen LogP contribution is 2.30. The van der Waals surface area contributed by atoms with Gasteiger partial charge in [0.1, 0.15) is 0 Å². The molecule has 0 spiro atoms. The fourth-order valence-electron chi connectivity index (χ4n) is 2.52. The summed E-state index contributed by atoms with van der Waals surface area (Å²) >= 11 is 0. The molecule has 2 N–H and O–H groups in total. The summed E-state index contributed by atoms with van der Waals surface area (Å²) < 4.78 is 0. The average molecular weight is 198 g/mol. The van der Waals surface area contributed by atoms with Crippen LogP contribution in [-0.2, 0) is 4.79 Å². The zero-order valence-corrected chi connectivity index (χ0v) is 8.62. The van der Waals surface area contributed by atoms with E-state index in [0.29, 0.717) is 0 Å². The van der Waals surface area contributed by atoms with Gasteiger partial charge in [0.05, 0.1) is 12.0 Å². The summed E-state index contributed by atoms with van der Waals surface area (Å²) in [7, 11) is 0. The highest BCUT2D eigenvalue weighted by atomic mass is 16.4. The largest absolute Gasteiger partial charge is 0.481 e. The van der Waals surface area contributed by atoms with Gasteiger partial charge in [0.25, 0.3) is 0 Å². The standard InChI is InChI=1S/C10H18N2O2/c1-8-2-3-12(5-8)10(4-9(13)14)6-11-7-10/h8,11H,2-7H2,1H3,(H,13,14). The van der Waals surface area contributed by atoms with Crippen molar-refractivity contribution in [1.29, 1.82) is 0 Å². The van der Waals surface area contributed by atoms with Crippen LogP contribution in [0, 0.1) is 5.92 Å². The molecule has 0 saturated carbocycles. The maximum atomic E-state index is 10.8. The molecule has 1 atom stereocenters. The summed E-state index contributed by atoms with van der Waals surface area (Å²) in [6, 6.07) is 0. The van der Waals surface area contributed by atoms with E-state index in [1.54, 1.807) is 0 Å². The first-order valence-electron chi connectivity index (χ1n) is 5.30. The number of likely N-dealkylation sites (tertiary alicyclic amines) is 1. The minimum Gasteiger partial charge on any atom is -0.481 e. The van der Waals surface area contributed by atoms with Crippen LogP contribution < -0.4 is 5.32 Å². The summed E-state index contributed by atoms with van der Waals surface area (Å²) in [5, 5.41) is 12.1. The van der Waals surface area contributed by atoms with E-state index in [1.165, 1.54) is 6.42 Å². The number of hydrogen-bond acceptors (Lipinski definition) is 3. The first-order valence-corrected chi connectivity index (χ1v) is 5.30. The van der Waals surface area contributed by atoms with E-state index in [2.05, 4.69) is 17.1 Å². The van der Waals surface area contributed by atoms with E-state index in [1.807, 2.05) is 0 Å².